The zero-order chi connectivity index (χ0) is 13.5. The molecule has 0 aliphatic rings. The van der Waals surface area contributed by atoms with Crippen molar-refractivity contribution in [2.24, 2.45) is 0 Å². The van der Waals surface area contributed by atoms with Crippen molar-refractivity contribution >= 4 is 11.9 Å². The van der Waals surface area contributed by atoms with Gasteiger partial charge in [0.25, 0.3) is 0 Å². The van der Waals surface area contributed by atoms with Crippen molar-refractivity contribution in [2.45, 2.75) is 33.2 Å². The van der Waals surface area contributed by atoms with E-state index in [0.717, 1.165) is 5.69 Å². The fourth-order valence-corrected chi connectivity index (χ4v) is 1.54. The van der Waals surface area contributed by atoms with Gasteiger partial charge in [-0.25, -0.2) is 9.78 Å². The monoisotopic (exact) mass is 254 g/mol. The number of carbonyl (C=O) groups excluding carboxylic acids is 2. The number of imidazole rings is 1. The summed E-state index contributed by atoms with van der Waals surface area (Å²) < 4.78 is 11.4. The molecular weight excluding hydrogens is 236 g/mol. The predicted octanol–water partition coefficient (Wildman–Crippen LogP) is 1.25. The van der Waals surface area contributed by atoms with Crippen LogP contribution in [-0.2, 0) is 19.1 Å². The molecule has 6 heteroatoms. The number of hydrogen-bond acceptors (Lipinski definition) is 5. The molecule has 0 radical (unpaired) electrons. The SMILES string of the molecule is CCOC(=O)CC(C(=O)OCC)n1cnc(C)c1. The topological polar surface area (TPSA) is 70.4 Å². The van der Waals surface area contributed by atoms with Crippen LogP contribution in [0.5, 0.6) is 0 Å². The van der Waals surface area contributed by atoms with Crippen LogP contribution in [0.3, 0.4) is 0 Å². The van der Waals surface area contributed by atoms with Gasteiger partial charge in [0.1, 0.15) is 6.04 Å². The molecular formula is C12H18N2O4. The van der Waals surface area contributed by atoms with E-state index >= 15 is 0 Å². The molecule has 0 aliphatic carbocycles. The van der Waals surface area contributed by atoms with E-state index < -0.39 is 18.0 Å². The highest BCUT2D eigenvalue weighted by atomic mass is 16.5. The van der Waals surface area contributed by atoms with E-state index in [2.05, 4.69) is 4.98 Å². The van der Waals surface area contributed by atoms with Crippen molar-refractivity contribution < 1.29 is 19.1 Å². The molecule has 1 atom stereocenters. The average Bonchev–Trinajstić information content (AvgIpc) is 2.73. The van der Waals surface area contributed by atoms with E-state index in [1.165, 1.54) is 6.33 Å². The van der Waals surface area contributed by atoms with Crippen LogP contribution in [0.25, 0.3) is 0 Å². The highest BCUT2D eigenvalue weighted by Gasteiger charge is 2.25. The van der Waals surface area contributed by atoms with Crippen LogP contribution in [0, 0.1) is 6.92 Å². The first-order chi connectivity index (χ1) is 8.58. The fourth-order valence-electron chi connectivity index (χ4n) is 1.54. The molecule has 100 valence electrons. The Balaban J connectivity index is 2.81. The van der Waals surface area contributed by atoms with Crippen molar-refractivity contribution in [3.05, 3.63) is 18.2 Å². The molecule has 0 amide bonds. The average molecular weight is 254 g/mol. The molecule has 0 N–H and O–H groups in total. The third-order valence-electron chi connectivity index (χ3n) is 2.31. The molecule has 18 heavy (non-hydrogen) atoms. The number of carbonyl (C=O) groups is 2. The summed E-state index contributed by atoms with van der Waals surface area (Å²) in [7, 11) is 0. The maximum atomic E-state index is 11.8. The molecule has 0 aromatic carbocycles. The zero-order valence-electron chi connectivity index (χ0n) is 10.9. The fraction of sp³-hybridized carbons (Fsp3) is 0.583. The predicted molar refractivity (Wildman–Crippen MR) is 63.9 cm³/mol. The Bertz CT molecular complexity index is 414. The number of rotatable bonds is 6. The van der Waals surface area contributed by atoms with Gasteiger partial charge in [-0.3, -0.25) is 4.79 Å². The summed E-state index contributed by atoms with van der Waals surface area (Å²) in [5.74, 6) is -0.884. The normalized spacial score (nSPS) is 11.9. The lowest BCUT2D eigenvalue weighted by atomic mass is 10.2. The largest absolute Gasteiger partial charge is 0.466 e. The summed E-state index contributed by atoms with van der Waals surface area (Å²) in [5.41, 5.74) is 0.771. The van der Waals surface area contributed by atoms with Crippen molar-refractivity contribution in [2.75, 3.05) is 13.2 Å². The summed E-state index contributed by atoms with van der Waals surface area (Å²) in [6.07, 6.45) is 3.15. The second-order valence-electron chi connectivity index (χ2n) is 3.74. The highest BCUT2D eigenvalue weighted by molar-refractivity contribution is 5.81. The first-order valence-electron chi connectivity index (χ1n) is 5.90. The van der Waals surface area contributed by atoms with Gasteiger partial charge in [0, 0.05) is 6.20 Å². The Morgan fingerprint density at radius 3 is 2.50 bits per heavy atom. The van der Waals surface area contributed by atoms with Crippen molar-refractivity contribution in [3.63, 3.8) is 0 Å². The van der Waals surface area contributed by atoms with Gasteiger partial charge >= 0.3 is 11.9 Å². The van der Waals surface area contributed by atoms with Gasteiger partial charge in [-0.2, -0.15) is 0 Å². The Morgan fingerprint density at radius 2 is 2.00 bits per heavy atom. The van der Waals surface area contributed by atoms with Crippen LogP contribution < -0.4 is 0 Å². The number of hydrogen-bond donors (Lipinski definition) is 0. The van der Waals surface area contributed by atoms with Gasteiger partial charge in [-0.15, -0.1) is 0 Å². The Kier molecular flexibility index (Phi) is 5.35. The number of esters is 2. The van der Waals surface area contributed by atoms with Gasteiger partial charge in [0.15, 0.2) is 0 Å². The minimum absolute atomic E-state index is 0.0531. The number of aromatic nitrogens is 2. The van der Waals surface area contributed by atoms with E-state index in [0.29, 0.717) is 0 Å². The molecule has 0 bridgehead atoms. The molecule has 0 fully saturated rings. The molecule has 0 aliphatic heterocycles. The molecule has 1 aromatic heterocycles. The molecule has 6 nitrogen and oxygen atoms in total. The van der Waals surface area contributed by atoms with Crippen LogP contribution in [-0.4, -0.2) is 34.7 Å². The van der Waals surface area contributed by atoms with E-state index in [-0.39, 0.29) is 19.6 Å². The van der Waals surface area contributed by atoms with Crippen molar-refractivity contribution in [3.8, 4) is 0 Å². The van der Waals surface area contributed by atoms with Crippen LogP contribution in [0.1, 0.15) is 32.0 Å². The lowest BCUT2D eigenvalue weighted by molar-refractivity contribution is -0.153. The second kappa shape index (κ2) is 6.78. The van der Waals surface area contributed by atoms with Gasteiger partial charge in [0.05, 0.1) is 31.7 Å². The lowest BCUT2D eigenvalue weighted by Gasteiger charge is -2.15. The maximum Gasteiger partial charge on any atom is 0.329 e. The van der Waals surface area contributed by atoms with Gasteiger partial charge in [0.2, 0.25) is 0 Å². The molecule has 1 rings (SSSR count). The molecule has 0 saturated heterocycles. The summed E-state index contributed by atoms with van der Waals surface area (Å²) >= 11 is 0. The van der Waals surface area contributed by atoms with E-state index in [4.69, 9.17) is 9.47 Å². The first-order valence-corrected chi connectivity index (χ1v) is 5.90. The third-order valence-corrected chi connectivity index (χ3v) is 2.31. The van der Waals surface area contributed by atoms with Gasteiger partial charge in [-0.05, 0) is 20.8 Å². The molecule has 1 unspecified atom stereocenters. The van der Waals surface area contributed by atoms with E-state index in [1.807, 2.05) is 6.92 Å². The van der Waals surface area contributed by atoms with Crippen LogP contribution in [0.4, 0.5) is 0 Å². The second-order valence-corrected chi connectivity index (χ2v) is 3.74. The Labute approximate surface area is 106 Å². The summed E-state index contributed by atoms with van der Waals surface area (Å²) in [5, 5.41) is 0. The minimum atomic E-state index is -0.717. The minimum Gasteiger partial charge on any atom is -0.466 e. The van der Waals surface area contributed by atoms with Crippen LogP contribution >= 0.6 is 0 Å². The van der Waals surface area contributed by atoms with E-state index in [9.17, 15) is 9.59 Å². The highest BCUT2D eigenvalue weighted by Crippen LogP contribution is 2.15. The smallest absolute Gasteiger partial charge is 0.329 e. The quantitative estimate of drug-likeness (QED) is 0.714. The first kappa shape index (κ1) is 14.2. The summed E-state index contributed by atoms with van der Waals surface area (Å²) in [6.45, 7) is 5.81. The van der Waals surface area contributed by atoms with Crippen molar-refractivity contribution in [1.82, 2.24) is 9.55 Å². The maximum absolute atomic E-state index is 11.8. The van der Waals surface area contributed by atoms with Gasteiger partial charge in [-0.1, -0.05) is 0 Å². The molecule has 0 saturated carbocycles. The zero-order valence-corrected chi connectivity index (χ0v) is 10.9. The van der Waals surface area contributed by atoms with Gasteiger partial charge < -0.3 is 14.0 Å². The lowest BCUT2D eigenvalue weighted by Crippen LogP contribution is -2.24. The summed E-state index contributed by atoms with van der Waals surface area (Å²) in [4.78, 5) is 27.3. The van der Waals surface area contributed by atoms with E-state index in [1.54, 1.807) is 24.6 Å². The standard InChI is InChI=1S/C12H18N2O4/c1-4-17-11(15)6-10(12(16)18-5-2)14-7-9(3)13-8-14/h7-8,10H,4-6H2,1-3H3. The van der Waals surface area contributed by atoms with Crippen molar-refractivity contribution in [1.29, 1.82) is 0 Å². The number of aryl methyl sites for hydroxylation is 1. The molecule has 1 aromatic rings. The third kappa shape index (κ3) is 3.87. The van der Waals surface area contributed by atoms with Crippen LogP contribution in [0.2, 0.25) is 0 Å². The number of ether oxygens (including phenoxy) is 2. The summed E-state index contributed by atoms with van der Waals surface area (Å²) in [6, 6.07) is -0.717. The number of nitrogens with zero attached hydrogens (tertiary/aromatic N) is 2. The molecule has 1 heterocycles. The Hall–Kier alpha value is -1.85. The Morgan fingerprint density at radius 1 is 1.33 bits per heavy atom. The van der Waals surface area contributed by atoms with Crippen LogP contribution in [0.15, 0.2) is 12.5 Å². The molecule has 0 spiro atoms.